The number of nitrogens with one attached hydrogen (secondary N) is 3. The number of esters is 2. The second kappa shape index (κ2) is 15.3. The fraction of sp³-hybridized carbons (Fsp3) is 0.529. The Morgan fingerprint density at radius 2 is 1.80 bits per heavy atom. The molecule has 248 valence electrons. The van der Waals surface area contributed by atoms with Crippen LogP contribution < -0.4 is 16.1 Å². The Balaban J connectivity index is 1.73. The molecule has 6 atom stereocenters. The van der Waals surface area contributed by atoms with E-state index in [0.717, 1.165) is 10.9 Å². The van der Waals surface area contributed by atoms with Crippen molar-refractivity contribution >= 4 is 46.6 Å². The Hall–Kier alpha value is -4.32. The van der Waals surface area contributed by atoms with Gasteiger partial charge >= 0.3 is 11.9 Å². The molecule has 0 unspecified atom stereocenters. The van der Waals surface area contributed by atoms with E-state index in [1.165, 1.54) is 5.01 Å². The third kappa shape index (κ3) is 8.48. The summed E-state index contributed by atoms with van der Waals surface area (Å²) in [6, 6.07) is 6.65. The number of benzene rings is 1. The SMILES string of the molecule is CCCC(=O)O[C@@H](C)[C@H]1/C=C/c2ccc3ccc(nc3c2)[C@@H](C)OC(=O)[C@@H]2CCCN(N2)C(=O)[C@H](C)NC(=O)[C@H](C(C)C)NC1=O. The lowest BCUT2D eigenvalue weighted by Crippen LogP contribution is -2.61. The van der Waals surface area contributed by atoms with Crippen LogP contribution in [0.5, 0.6) is 0 Å². The van der Waals surface area contributed by atoms with E-state index in [2.05, 4.69) is 16.1 Å². The molecule has 1 fully saturated rings. The second-order valence-electron chi connectivity index (χ2n) is 12.4. The summed E-state index contributed by atoms with van der Waals surface area (Å²) >= 11 is 0. The standard InChI is InChI=1S/C34H45N5O7/c1-7-9-29(40)45-21(5)25-15-12-23-11-13-24-14-16-26(36-28(24)18-23)22(6)46-34(44)27-10-8-17-39(38-27)33(43)20(4)35-32(42)30(19(2)3)37-31(25)41/h11-16,18-22,25,27,30,38H,7-10,17H2,1-6H3,(H,35,42)(H,37,41)/b15-12+/t20-,21-,22+,25+,27-,30-/m0/s1. The Labute approximate surface area is 269 Å². The molecule has 3 N–H and O–H groups in total. The molecule has 0 saturated carbocycles. The maximum atomic E-state index is 13.8. The van der Waals surface area contributed by atoms with E-state index in [9.17, 15) is 24.0 Å². The third-order valence-electron chi connectivity index (χ3n) is 8.24. The van der Waals surface area contributed by atoms with Gasteiger partial charge in [-0.05, 0) is 63.6 Å². The largest absolute Gasteiger partial charge is 0.461 e. The Bertz CT molecular complexity index is 1490. The first-order valence-electron chi connectivity index (χ1n) is 16.0. The molecular formula is C34H45N5O7. The van der Waals surface area contributed by atoms with Crippen molar-refractivity contribution in [3.8, 4) is 0 Å². The fourth-order valence-electron chi connectivity index (χ4n) is 5.51. The molecule has 12 heteroatoms. The monoisotopic (exact) mass is 635 g/mol. The minimum absolute atomic E-state index is 0.213. The number of carbonyl (C=O) groups excluding carboxylic acids is 5. The highest BCUT2D eigenvalue weighted by atomic mass is 16.5. The highest BCUT2D eigenvalue weighted by molar-refractivity contribution is 5.93. The highest BCUT2D eigenvalue weighted by Crippen LogP contribution is 2.23. The van der Waals surface area contributed by atoms with Gasteiger partial charge in [0.05, 0.1) is 17.1 Å². The number of ether oxygens (including phenoxy) is 2. The smallest absolute Gasteiger partial charge is 0.325 e. The average molecular weight is 636 g/mol. The van der Waals surface area contributed by atoms with Crippen molar-refractivity contribution in [2.75, 3.05) is 6.54 Å². The van der Waals surface area contributed by atoms with Crippen LogP contribution >= 0.6 is 0 Å². The molecular weight excluding hydrogens is 590 g/mol. The molecule has 3 amide bonds. The van der Waals surface area contributed by atoms with Gasteiger partial charge in [-0.3, -0.25) is 29.0 Å². The van der Waals surface area contributed by atoms with Crippen LogP contribution in [0.2, 0.25) is 0 Å². The molecule has 4 rings (SSSR count). The molecule has 5 bridgehead atoms. The van der Waals surface area contributed by atoms with Gasteiger partial charge in [0.2, 0.25) is 11.8 Å². The number of rotatable bonds is 5. The number of nitrogens with zero attached hydrogens (tertiary/aromatic N) is 2. The lowest BCUT2D eigenvalue weighted by Gasteiger charge is -2.35. The summed E-state index contributed by atoms with van der Waals surface area (Å²) in [7, 11) is 0. The lowest BCUT2D eigenvalue weighted by atomic mass is 9.97. The second-order valence-corrected chi connectivity index (χ2v) is 12.4. The molecule has 0 spiro atoms. The van der Waals surface area contributed by atoms with Crippen LogP contribution in [-0.2, 0) is 33.4 Å². The van der Waals surface area contributed by atoms with Gasteiger partial charge < -0.3 is 20.1 Å². The molecule has 2 aliphatic heterocycles. The first kappa shape index (κ1) is 34.6. The summed E-state index contributed by atoms with van der Waals surface area (Å²) < 4.78 is 11.4. The van der Waals surface area contributed by atoms with Gasteiger partial charge in [-0.2, -0.15) is 0 Å². The van der Waals surface area contributed by atoms with Crippen molar-refractivity contribution in [3.05, 3.63) is 47.7 Å². The number of cyclic esters (lactones) is 1. The zero-order valence-electron chi connectivity index (χ0n) is 27.4. The number of pyridine rings is 1. The fourth-order valence-corrected chi connectivity index (χ4v) is 5.51. The quantitative estimate of drug-likeness (QED) is 0.420. The van der Waals surface area contributed by atoms with Crippen LogP contribution in [0.15, 0.2) is 36.4 Å². The van der Waals surface area contributed by atoms with Crippen LogP contribution in [0.4, 0.5) is 0 Å². The molecule has 0 radical (unpaired) electrons. The van der Waals surface area contributed by atoms with Crippen LogP contribution in [0.25, 0.3) is 17.0 Å². The van der Waals surface area contributed by atoms with Gasteiger partial charge in [0.15, 0.2) is 0 Å². The lowest BCUT2D eigenvalue weighted by molar-refractivity contribution is -0.157. The zero-order valence-corrected chi connectivity index (χ0v) is 27.4. The van der Waals surface area contributed by atoms with Crippen LogP contribution in [0.1, 0.15) is 84.6 Å². The summed E-state index contributed by atoms with van der Waals surface area (Å²) in [5, 5.41) is 7.75. The van der Waals surface area contributed by atoms with Gasteiger partial charge in [0.1, 0.15) is 30.3 Å². The molecule has 12 nitrogen and oxygen atoms in total. The zero-order chi connectivity index (χ0) is 33.5. The Kier molecular flexibility index (Phi) is 11.5. The summed E-state index contributed by atoms with van der Waals surface area (Å²) in [6.45, 7) is 10.7. The molecule has 2 aromatic rings. The number of carbonyl (C=O) groups is 5. The van der Waals surface area contributed by atoms with Crippen LogP contribution in [-0.4, -0.2) is 70.4 Å². The van der Waals surface area contributed by atoms with E-state index in [-0.39, 0.29) is 12.3 Å². The normalized spacial score (nSPS) is 26.2. The highest BCUT2D eigenvalue weighted by Gasteiger charge is 2.35. The number of hydrogen-bond donors (Lipinski definition) is 3. The first-order valence-corrected chi connectivity index (χ1v) is 16.0. The Morgan fingerprint density at radius 3 is 2.52 bits per heavy atom. The van der Waals surface area contributed by atoms with Gasteiger partial charge in [-0.15, -0.1) is 0 Å². The minimum atomic E-state index is -0.979. The molecule has 1 aromatic carbocycles. The molecule has 1 saturated heterocycles. The number of hydrazine groups is 1. The predicted octanol–water partition coefficient (Wildman–Crippen LogP) is 3.35. The van der Waals surface area contributed by atoms with E-state index in [1.807, 2.05) is 31.2 Å². The van der Waals surface area contributed by atoms with E-state index in [4.69, 9.17) is 14.5 Å². The van der Waals surface area contributed by atoms with E-state index in [1.54, 1.807) is 52.8 Å². The maximum absolute atomic E-state index is 13.8. The third-order valence-corrected chi connectivity index (χ3v) is 8.24. The maximum Gasteiger partial charge on any atom is 0.325 e. The molecule has 46 heavy (non-hydrogen) atoms. The van der Waals surface area contributed by atoms with Crippen molar-refractivity contribution in [2.24, 2.45) is 11.8 Å². The molecule has 1 aromatic heterocycles. The van der Waals surface area contributed by atoms with Gasteiger partial charge in [-0.1, -0.05) is 51.1 Å². The van der Waals surface area contributed by atoms with E-state index >= 15 is 0 Å². The van der Waals surface area contributed by atoms with Crippen LogP contribution in [0, 0.1) is 11.8 Å². The number of amides is 3. The number of hydrogen-bond acceptors (Lipinski definition) is 9. The molecule has 3 heterocycles. The van der Waals surface area contributed by atoms with Gasteiger partial charge in [0.25, 0.3) is 5.91 Å². The predicted molar refractivity (Wildman–Crippen MR) is 171 cm³/mol. The molecule has 2 aliphatic rings. The molecule has 0 aliphatic carbocycles. The summed E-state index contributed by atoms with van der Waals surface area (Å²) in [6.07, 6.45) is 3.77. The van der Waals surface area contributed by atoms with Crippen LogP contribution in [0.3, 0.4) is 0 Å². The average Bonchev–Trinajstić information content (AvgIpc) is 3.02. The van der Waals surface area contributed by atoms with Crippen molar-refractivity contribution in [3.63, 3.8) is 0 Å². The minimum Gasteiger partial charge on any atom is -0.461 e. The van der Waals surface area contributed by atoms with E-state index in [0.29, 0.717) is 37.0 Å². The number of aromatic nitrogens is 1. The van der Waals surface area contributed by atoms with Crippen molar-refractivity contribution in [2.45, 2.75) is 97.6 Å². The summed E-state index contributed by atoms with van der Waals surface area (Å²) in [4.78, 5) is 70.8. The Morgan fingerprint density at radius 1 is 1.07 bits per heavy atom. The van der Waals surface area contributed by atoms with Crippen molar-refractivity contribution in [1.29, 1.82) is 0 Å². The van der Waals surface area contributed by atoms with Gasteiger partial charge in [-0.25, -0.2) is 10.4 Å². The first-order chi connectivity index (χ1) is 21.9. The summed E-state index contributed by atoms with van der Waals surface area (Å²) in [5.74, 6) is -3.65. The van der Waals surface area contributed by atoms with E-state index < -0.39 is 65.9 Å². The summed E-state index contributed by atoms with van der Waals surface area (Å²) in [5.41, 5.74) is 4.93. The number of fused-ring (bicyclic) bond motifs is 4. The van der Waals surface area contributed by atoms with Crippen molar-refractivity contribution in [1.82, 2.24) is 26.1 Å². The van der Waals surface area contributed by atoms with Gasteiger partial charge in [0, 0.05) is 18.4 Å². The topological polar surface area (TPSA) is 156 Å². The van der Waals surface area contributed by atoms with Crippen molar-refractivity contribution < 1.29 is 33.4 Å².